The van der Waals surface area contributed by atoms with Gasteiger partial charge in [-0.05, 0) is 29.7 Å². The number of methoxy groups -OCH3 is 2. The highest BCUT2D eigenvalue weighted by molar-refractivity contribution is 6.33. The molecule has 0 unspecified atom stereocenters. The number of benzene rings is 2. The highest BCUT2D eigenvalue weighted by Crippen LogP contribution is 2.34. The van der Waals surface area contributed by atoms with Crippen molar-refractivity contribution in [3.63, 3.8) is 0 Å². The van der Waals surface area contributed by atoms with Crippen molar-refractivity contribution in [2.75, 3.05) is 14.2 Å². The number of rotatable bonds is 2. The summed E-state index contributed by atoms with van der Waals surface area (Å²) in [6, 6.07) is 9.55. The molecule has 15 heavy (non-hydrogen) atoms. The maximum atomic E-state index is 6.02. The SMILES string of the molecule is COc1ccc2c(OC)c(Cl)ccc2c1. The molecule has 0 amide bonds. The molecule has 0 aliphatic rings. The van der Waals surface area contributed by atoms with E-state index in [1.54, 1.807) is 14.2 Å². The molecule has 0 N–H and O–H groups in total. The van der Waals surface area contributed by atoms with E-state index in [-0.39, 0.29) is 0 Å². The molecule has 2 aromatic rings. The fraction of sp³-hybridized carbons (Fsp3) is 0.167. The van der Waals surface area contributed by atoms with Crippen molar-refractivity contribution in [1.82, 2.24) is 0 Å². The van der Waals surface area contributed by atoms with Gasteiger partial charge < -0.3 is 9.47 Å². The average molecular weight is 223 g/mol. The first-order valence-electron chi connectivity index (χ1n) is 4.56. The van der Waals surface area contributed by atoms with Crippen molar-refractivity contribution in [2.24, 2.45) is 0 Å². The molecule has 0 heterocycles. The van der Waals surface area contributed by atoms with Gasteiger partial charge >= 0.3 is 0 Å². The Hall–Kier alpha value is -1.41. The van der Waals surface area contributed by atoms with Crippen LogP contribution in [0.4, 0.5) is 0 Å². The van der Waals surface area contributed by atoms with Crippen LogP contribution in [0.3, 0.4) is 0 Å². The molecule has 2 nitrogen and oxygen atoms in total. The van der Waals surface area contributed by atoms with Crippen LogP contribution in [-0.4, -0.2) is 14.2 Å². The standard InChI is InChI=1S/C12H11ClO2/c1-14-9-4-5-10-8(7-9)3-6-11(13)12(10)15-2/h3-7H,1-2H3. The fourth-order valence-corrected chi connectivity index (χ4v) is 1.83. The van der Waals surface area contributed by atoms with E-state index in [4.69, 9.17) is 21.1 Å². The van der Waals surface area contributed by atoms with E-state index in [9.17, 15) is 0 Å². The third-order valence-corrected chi connectivity index (χ3v) is 2.63. The number of ether oxygens (including phenoxy) is 2. The van der Waals surface area contributed by atoms with Crippen molar-refractivity contribution in [3.8, 4) is 11.5 Å². The van der Waals surface area contributed by atoms with Crippen LogP contribution in [-0.2, 0) is 0 Å². The van der Waals surface area contributed by atoms with Crippen LogP contribution in [0.25, 0.3) is 10.8 Å². The first-order chi connectivity index (χ1) is 7.26. The van der Waals surface area contributed by atoms with Gasteiger partial charge in [-0.1, -0.05) is 17.7 Å². The second-order valence-electron chi connectivity index (χ2n) is 3.17. The predicted octanol–water partition coefficient (Wildman–Crippen LogP) is 3.51. The molecule has 0 saturated heterocycles. The Morgan fingerprint density at radius 1 is 1.00 bits per heavy atom. The first-order valence-corrected chi connectivity index (χ1v) is 4.94. The third-order valence-electron chi connectivity index (χ3n) is 2.33. The lowest BCUT2D eigenvalue weighted by Crippen LogP contribution is -1.87. The molecule has 0 saturated carbocycles. The molecular weight excluding hydrogens is 212 g/mol. The van der Waals surface area contributed by atoms with Gasteiger partial charge in [0, 0.05) is 5.39 Å². The Morgan fingerprint density at radius 3 is 2.47 bits per heavy atom. The lowest BCUT2D eigenvalue weighted by atomic mass is 10.1. The largest absolute Gasteiger partial charge is 0.497 e. The quantitative estimate of drug-likeness (QED) is 0.774. The van der Waals surface area contributed by atoms with Crippen molar-refractivity contribution < 1.29 is 9.47 Å². The van der Waals surface area contributed by atoms with Gasteiger partial charge in [0.15, 0.2) is 0 Å². The number of fused-ring (bicyclic) bond motifs is 1. The molecule has 0 spiro atoms. The minimum atomic E-state index is 0.621. The third kappa shape index (κ3) is 1.73. The van der Waals surface area contributed by atoms with Crippen molar-refractivity contribution in [3.05, 3.63) is 35.4 Å². The van der Waals surface area contributed by atoms with Crippen LogP contribution in [0.2, 0.25) is 5.02 Å². The van der Waals surface area contributed by atoms with Gasteiger partial charge in [0.2, 0.25) is 0 Å². The minimum Gasteiger partial charge on any atom is -0.497 e. The topological polar surface area (TPSA) is 18.5 Å². The molecule has 3 heteroatoms. The maximum absolute atomic E-state index is 6.02. The zero-order valence-corrected chi connectivity index (χ0v) is 9.34. The van der Waals surface area contributed by atoms with Crippen LogP contribution in [0.5, 0.6) is 11.5 Å². The summed E-state index contributed by atoms with van der Waals surface area (Å²) in [5, 5.41) is 2.66. The van der Waals surface area contributed by atoms with E-state index in [1.807, 2.05) is 30.3 Å². The van der Waals surface area contributed by atoms with E-state index in [0.29, 0.717) is 10.8 Å². The van der Waals surface area contributed by atoms with E-state index >= 15 is 0 Å². The Morgan fingerprint density at radius 2 is 1.80 bits per heavy atom. The maximum Gasteiger partial charge on any atom is 0.145 e. The normalized spacial score (nSPS) is 10.3. The second-order valence-corrected chi connectivity index (χ2v) is 3.57. The molecule has 0 atom stereocenters. The van der Waals surface area contributed by atoms with Gasteiger partial charge in [-0.2, -0.15) is 0 Å². The molecule has 0 bridgehead atoms. The lowest BCUT2D eigenvalue weighted by molar-refractivity contribution is 0.414. The van der Waals surface area contributed by atoms with Gasteiger partial charge in [-0.3, -0.25) is 0 Å². The predicted molar refractivity (Wildman–Crippen MR) is 62.1 cm³/mol. The molecular formula is C12H11ClO2. The molecule has 0 fully saturated rings. The number of hydrogen-bond donors (Lipinski definition) is 0. The Kier molecular flexibility index (Phi) is 2.69. The lowest BCUT2D eigenvalue weighted by Gasteiger charge is -2.08. The Balaban J connectivity index is 2.72. The Bertz CT molecular complexity index is 494. The van der Waals surface area contributed by atoms with Crippen LogP contribution in [0, 0.1) is 0 Å². The van der Waals surface area contributed by atoms with Crippen LogP contribution < -0.4 is 9.47 Å². The van der Waals surface area contributed by atoms with Crippen molar-refractivity contribution >= 4 is 22.4 Å². The average Bonchev–Trinajstić information content (AvgIpc) is 2.28. The van der Waals surface area contributed by atoms with Crippen LogP contribution in [0.1, 0.15) is 0 Å². The van der Waals surface area contributed by atoms with Gasteiger partial charge in [-0.25, -0.2) is 0 Å². The molecule has 78 valence electrons. The Labute approximate surface area is 93.4 Å². The number of halogens is 1. The molecule has 0 aliphatic carbocycles. The summed E-state index contributed by atoms with van der Waals surface area (Å²) in [7, 11) is 3.26. The smallest absolute Gasteiger partial charge is 0.145 e. The van der Waals surface area contributed by atoms with Crippen LogP contribution >= 0.6 is 11.6 Å². The minimum absolute atomic E-state index is 0.621. The summed E-state index contributed by atoms with van der Waals surface area (Å²) < 4.78 is 10.4. The summed E-state index contributed by atoms with van der Waals surface area (Å²) in [5.41, 5.74) is 0. The molecule has 0 aliphatic heterocycles. The van der Waals surface area contributed by atoms with Crippen LogP contribution in [0.15, 0.2) is 30.3 Å². The van der Waals surface area contributed by atoms with E-state index in [2.05, 4.69) is 0 Å². The fourth-order valence-electron chi connectivity index (χ4n) is 1.59. The van der Waals surface area contributed by atoms with Gasteiger partial charge in [0.1, 0.15) is 11.5 Å². The highest BCUT2D eigenvalue weighted by Gasteiger charge is 2.06. The van der Waals surface area contributed by atoms with Gasteiger partial charge in [-0.15, -0.1) is 0 Å². The summed E-state index contributed by atoms with van der Waals surface area (Å²) in [6.07, 6.45) is 0. The zero-order chi connectivity index (χ0) is 10.8. The van der Waals surface area contributed by atoms with E-state index in [0.717, 1.165) is 16.5 Å². The highest BCUT2D eigenvalue weighted by atomic mass is 35.5. The van der Waals surface area contributed by atoms with E-state index < -0.39 is 0 Å². The van der Waals surface area contributed by atoms with Gasteiger partial charge in [0.05, 0.1) is 19.2 Å². The van der Waals surface area contributed by atoms with E-state index in [1.165, 1.54) is 0 Å². The molecule has 0 aromatic heterocycles. The second kappa shape index (κ2) is 3.99. The zero-order valence-electron chi connectivity index (χ0n) is 8.58. The number of hydrogen-bond acceptors (Lipinski definition) is 2. The summed E-state index contributed by atoms with van der Waals surface area (Å²) in [6.45, 7) is 0. The monoisotopic (exact) mass is 222 g/mol. The molecule has 2 rings (SSSR count). The first kappa shape index (κ1) is 10.1. The molecule has 2 aromatic carbocycles. The summed E-state index contributed by atoms with van der Waals surface area (Å²) in [5.74, 6) is 1.53. The van der Waals surface area contributed by atoms with Crippen molar-refractivity contribution in [2.45, 2.75) is 0 Å². The van der Waals surface area contributed by atoms with Crippen molar-refractivity contribution in [1.29, 1.82) is 0 Å². The van der Waals surface area contributed by atoms with Gasteiger partial charge in [0.25, 0.3) is 0 Å². The summed E-state index contributed by atoms with van der Waals surface area (Å²) >= 11 is 6.02. The summed E-state index contributed by atoms with van der Waals surface area (Å²) in [4.78, 5) is 0. The molecule has 0 radical (unpaired) electrons.